The lowest BCUT2D eigenvalue weighted by molar-refractivity contribution is -0.123. The summed E-state index contributed by atoms with van der Waals surface area (Å²) in [6.45, 7) is 3.59. The number of H-pyrrole nitrogens is 1. The summed E-state index contributed by atoms with van der Waals surface area (Å²) in [7, 11) is 0. The van der Waals surface area contributed by atoms with Crippen LogP contribution in [0.25, 0.3) is 0 Å². The number of halogens is 1. The van der Waals surface area contributed by atoms with Crippen molar-refractivity contribution in [3.8, 4) is 0 Å². The SMILES string of the molecule is C=CCSc1nc2c(c(=O)[nH]1)C(C(=O)Nc1ccc(F)cc1)CC(=O)N2. The van der Waals surface area contributed by atoms with Gasteiger partial charge in [0.1, 0.15) is 11.6 Å². The molecule has 7 nitrogen and oxygen atoms in total. The van der Waals surface area contributed by atoms with Gasteiger partial charge in [-0.2, -0.15) is 0 Å². The molecule has 0 saturated heterocycles. The molecule has 0 saturated carbocycles. The summed E-state index contributed by atoms with van der Waals surface area (Å²) in [6, 6.07) is 5.20. The van der Waals surface area contributed by atoms with E-state index in [0.717, 1.165) is 0 Å². The number of thioether (sulfide) groups is 1. The van der Waals surface area contributed by atoms with Crippen molar-refractivity contribution in [2.24, 2.45) is 0 Å². The third kappa shape index (κ3) is 3.83. The molecular weight excluding hydrogens is 359 g/mol. The maximum atomic E-state index is 13.0. The number of rotatable bonds is 5. The topological polar surface area (TPSA) is 104 Å². The zero-order valence-electron chi connectivity index (χ0n) is 13.5. The van der Waals surface area contributed by atoms with Crippen molar-refractivity contribution < 1.29 is 14.0 Å². The van der Waals surface area contributed by atoms with E-state index in [1.807, 2.05) is 0 Å². The third-order valence-corrected chi connectivity index (χ3v) is 4.56. The average Bonchev–Trinajstić information content (AvgIpc) is 2.60. The Balaban J connectivity index is 1.91. The van der Waals surface area contributed by atoms with E-state index in [1.165, 1.54) is 36.0 Å². The quantitative estimate of drug-likeness (QED) is 0.423. The summed E-state index contributed by atoms with van der Waals surface area (Å²) in [6.07, 6.45) is 1.48. The molecule has 1 unspecified atom stereocenters. The largest absolute Gasteiger partial charge is 0.326 e. The van der Waals surface area contributed by atoms with E-state index >= 15 is 0 Å². The Kier molecular flexibility index (Phi) is 5.17. The number of hydrogen-bond donors (Lipinski definition) is 3. The number of nitrogens with one attached hydrogen (secondary N) is 3. The Morgan fingerprint density at radius 2 is 2.12 bits per heavy atom. The van der Waals surface area contributed by atoms with Gasteiger partial charge in [0.05, 0.1) is 11.5 Å². The van der Waals surface area contributed by atoms with Crippen LogP contribution in [0.2, 0.25) is 0 Å². The van der Waals surface area contributed by atoms with Gasteiger partial charge >= 0.3 is 0 Å². The number of nitrogens with zero attached hydrogens (tertiary/aromatic N) is 1. The molecule has 2 aromatic rings. The van der Waals surface area contributed by atoms with Crippen LogP contribution in [0.3, 0.4) is 0 Å². The lowest BCUT2D eigenvalue weighted by Crippen LogP contribution is -2.36. The van der Waals surface area contributed by atoms with Crippen LogP contribution in [0, 0.1) is 5.82 Å². The molecule has 1 aliphatic rings. The van der Waals surface area contributed by atoms with Crippen molar-refractivity contribution >= 4 is 35.1 Å². The molecule has 3 N–H and O–H groups in total. The first-order valence-electron chi connectivity index (χ1n) is 7.72. The summed E-state index contributed by atoms with van der Waals surface area (Å²) in [5.74, 6) is -1.75. The maximum Gasteiger partial charge on any atom is 0.257 e. The van der Waals surface area contributed by atoms with Gasteiger partial charge < -0.3 is 15.6 Å². The molecule has 0 fully saturated rings. The fourth-order valence-corrected chi connectivity index (χ4v) is 3.14. The molecule has 1 aliphatic heterocycles. The highest BCUT2D eigenvalue weighted by Gasteiger charge is 2.34. The number of amides is 2. The van der Waals surface area contributed by atoms with Crippen molar-refractivity contribution in [1.82, 2.24) is 9.97 Å². The molecule has 26 heavy (non-hydrogen) atoms. The Morgan fingerprint density at radius 3 is 2.81 bits per heavy atom. The van der Waals surface area contributed by atoms with Gasteiger partial charge in [0.15, 0.2) is 5.16 Å². The number of carbonyl (C=O) groups is 2. The number of benzene rings is 1. The van der Waals surface area contributed by atoms with E-state index in [0.29, 0.717) is 16.6 Å². The molecule has 134 valence electrons. The minimum Gasteiger partial charge on any atom is -0.326 e. The maximum absolute atomic E-state index is 13.0. The van der Waals surface area contributed by atoms with Crippen LogP contribution in [-0.2, 0) is 9.59 Å². The summed E-state index contributed by atoms with van der Waals surface area (Å²) in [4.78, 5) is 43.8. The van der Waals surface area contributed by atoms with Gasteiger partial charge in [-0.05, 0) is 24.3 Å². The standard InChI is InChI=1S/C17H15FN4O3S/c1-2-7-26-17-21-14-13(16(25)22-17)11(8-12(23)20-14)15(24)19-10-5-3-9(18)4-6-10/h2-6,11H,1,7-8H2,(H,19,24)(H2,20,21,22,23,25). The molecule has 1 aromatic carbocycles. The highest BCUT2D eigenvalue weighted by Crippen LogP contribution is 2.30. The average molecular weight is 374 g/mol. The van der Waals surface area contributed by atoms with Crippen molar-refractivity contribution in [2.75, 3.05) is 16.4 Å². The number of hydrogen-bond acceptors (Lipinski definition) is 5. The highest BCUT2D eigenvalue weighted by molar-refractivity contribution is 7.99. The fourth-order valence-electron chi connectivity index (χ4n) is 2.54. The van der Waals surface area contributed by atoms with Crippen LogP contribution in [0.4, 0.5) is 15.9 Å². The predicted molar refractivity (Wildman–Crippen MR) is 96.8 cm³/mol. The Labute approximate surface area is 152 Å². The first-order chi connectivity index (χ1) is 12.5. The molecule has 2 heterocycles. The first kappa shape index (κ1) is 17.9. The third-order valence-electron chi connectivity index (χ3n) is 3.70. The molecule has 0 radical (unpaired) electrons. The molecular formula is C17H15FN4O3S. The molecule has 0 spiro atoms. The molecule has 1 atom stereocenters. The van der Waals surface area contributed by atoms with Gasteiger partial charge in [0.25, 0.3) is 5.56 Å². The van der Waals surface area contributed by atoms with Gasteiger partial charge in [-0.15, -0.1) is 6.58 Å². The zero-order chi connectivity index (χ0) is 18.7. The minimum absolute atomic E-state index is 0.0795. The molecule has 1 aromatic heterocycles. The van der Waals surface area contributed by atoms with Crippen LogP contribution in [-0.4, -0.2) is 27.5 Å². The van der Waals surface area contributed by atoms with E-state index in [4.69, 9.17) is 0 Å². The van der Waals surface area contributed by atoms with Crippen molar-refractivity contribution in [2.45, 2.75) is 17.5 Å². The van der Waals surface area contributed by atoms with E-state index in [2.05, 4.69) is 27.2 Å². The molecule has 3 rings (SSSR count). The molecule has 0 bridgehead atoms. The molecule has 0 aliphatic carbocycles. The monoisotopic (exact) mass is 374 g/mol. The summed E-state index contributed by atoms with van der Waals surface area (Å²) in [5, 5.41) is 5.45. The number of aromatic amines is 1. The van der Waals surface area contributed by atoms with Crippen molar-refractivity contribution in [3.63, 3.8) is 0 Å². The van der Waals surface area contributed by atoms with Gasteiger partial charge in [-0.3, -0.25) is 14.4 Å². The number of carbonyl (C=O) groups excluding carboxylic acids is 2. The Hall–Kier alpha value is -2.94. The van der Waals surface area contributed by atoms with Crippen LogP contribution in [0.1, 0.15) is 17.9 Å². The Morgan fingerprint density at radius 1 is 1.38 bits per heavy atom. The first-order valence-corrected chi connectivity index (χ1v) is 8.70. The number of fused-ring (bicyclic) bond motifs is 1. The lowest BCUT2D eigenvalue weighted by atomic mass is 9.92. The summed E-state index contributed by atoms with van der Waals surface area (Å²) >= 11 is 1.25. The highest BCUT2D eigenvalue weighted by atomic mass is 32.2. The van der Waals surface area contributed by atoms with Crippen LogP contribution < -0.4 is 16.2 Å². The van der Waals surface area contributed by atoms with E-state index in [-0.39, 0.29) is 17.8 Å². The normalized spacial score (nSPS) is 15.7. The second kappa shape index (κ2) is 7.52. The van der Waals surface area contributed by atoms with E-state index in [1.54, 1.807) is 6.08 Å². The smallest absolute Gasteiger partial charge is 0.257 e. The van der Waals surface area contributed by atoms with Crippen molar-refractivity contribution in [1.29, 1.82) is 0 Å². The van der Waals surface area contributed by atoms with Gasteiger partial charge in [-0.1, -0.05) is 17.8 Å². The minimum atomic E-state index is -0.987. The van der Waals surface area contributed by atoms with Crippen molar-refractivity contribution in [3.05, 3.63) is 58.7 Å². The van der Waals surface area contributed by atoms with Crippen LogP contribution in [0.5, 0.6) is 0 Å². The van der Waals surface area contributed by atoms with Crippen LogP contribution >= 0.6 is 11.8 Å². The number of aromatic nitrogens is 2. The number of anilines is 2. The van der Waals surface area contributed by atoms with Gasteiger partial charge in [-0.25, -0.2) is 9.37 Å². The summed E-state index contributed by atoms with van der Waals surface area (Å²) < 4.78 is 13.0. The second-order valence-corrected chi connectivity index (χ2v) is 6.54. The fraction of sp³-hybridized carbons (Fsp3) is 0.176. The van der Waals surface area contributed by atoms with Gasteiger partial charge in [0.2, 0.25) is 11.8 Å². The van der Waals surface area contributed by atoms with E-state index in [9.17, 15) is 18.8 Å². The Bertz CT molecular complexity index is 927. The van der Waals surface area contributed by atoms with E-state index < -0.39 is 29.1 Å². The molecule has 2 amide bonds. The van der Waals surface area contributed by atoms with Gasteiger partial charge in [0, 0.05) is 17.9 Å². The molecule has 9 heteroatoms. The lowest BCUT2D eigenvalue weighted by Gasteiger charge is -2.23. The predicted octanol–water partition coefficient (Wildman–Crippen LogP) is 2.25. The zero-order valence-corrected chi connectivity index (χ0v) is 14.4. The summed E-state index contributed by atoms with van der Waals surface area (Å²) in [5.41, 5.74) is -0.0144. The van der Waals surface area contributed by atoms with Crippen LogP contribution in [0.15, 0.2) is 46.9 Å². The second-order valence-electron chi connectivity index (χ2n) is 5.53.